The number of fused-ring (bicyclic) bond motifs is 5. The summed E-state index contributed by atoms with van der Waals surface area (Å²) >= 11 is 0. The molecule has 0 bridgehead atoms. The Morgan fingerprint density at radius 3 is 1.85 bits per heavy atom. The quantitative estimate of drug-likeness (QED) is 0.164. The van der Waals surface area contributed by atoms with Crippen molar-refractivity contribution < 1.29 is 0 Å². The zero-order valence-electron chi connectivity index (χ0n) is 30.8. The lowest BCUT2D eigenvalue weighted by atomic mass is 9.74. The van der Waals surface area contributed by atoms with Gasteiger partial charge in [-0.2, -0.15) is 0 Å². The molecule has 0 spiro atoms. The summed E-state index contributed by atoms with van der Waals surface area (Å²) < 4.78 is 2.37. The number of benzene rings is 7. The van der Waals surface area contributed by atoms with E-state index < -0.39 is 0 Å². The van der Waals surface area contributed by atoms with E-state index in [4.69, 9.17) is 0 Å². The molecule has 1 heteroatoms. The Balaban J connectivity index is 0.871. The largest absolute Gasteiger partial charge is 0.309 e. The molecule has 1 unspecified atom stereocenters. The minimum absolute atomic E-state index is 0.0262. The molecule has 1 aromatic heterocycles. The van der Waals surface area contributed by atoms with Gasteiger partial charge in [-0.3, -0.25) is 0 Å². The molecule has 1 heterocycles. The Morgan fingerprint density at radius 1 is 0.556 bits per heavy atom. The van der Waals surface area contributed by atoms with Gasteiger partial charge < -0.3 is 4.57 Å². The number of hydrogen-bond donors (Lipinski definition) is 0. The molecule has 54 heavy (non-hydrogen) atoms. The Kier molecular flexibility index (Phi) is 7.52. The molecule has 2 aliphatic rings. The van der Waals surface area contributed by atoms with E-state index in [1.54, 1.807) is 0 Å². The van der Waals surface area contributed by atoms with E-state index in [9.17, 15) is 0 Å². The van der Waals surface area contributed by atoms with Crippen LogP contribution in [0.3, 0.4) is 0 Å². The Bertz CT molecular complexity index is 2790. The predicted molar refractivity (Wildman–Crippen MR) is 230 cm³/mol. The first-order chi connectivity index (χ1) is 26.4. The number of para-hydroxylation sites is 2. The summed E-state index contributed by atoms with van der Waals surface area (Å²) in [6.45, 7) is 9.43. The Morgan fingerprint density at radius 2 is 1.11 bits per heavy atom. The highest BCUT2D eigenvalue weighted by Crippen LogP contribution is 2.53. The van der Waals surface area contributed by atoms with Gasteiger partial charge in [0.2, 0.25) is 0 Å². The van der Waals surface area contributed by atoms with Crippen LogP contribution in [0.2, 0.25) is 0 Å². The van der Waals surface area contributed by atoms with E-state index in [0.717, 1.165) is 6.42 Å². The molecule has 2 aliphatic carbocycles. The van der Waals surface area contributed by atoms with E-state index in [1.807, 2.05) is 0 Å². The average Bonchev–Trinajstić information content (AvgIpc) is 3.68. The van der Waals surface area contributed by atoms with Crippen molar-refractivity contribution >= 4 is 33.0 Å². The van der Waals surface area contributed by atoms with Crippen LogP contribution >= 0.6 is 0 Å². The van der Waals surface area contributed by atoms with Gasteiger partial charge in [0.05, 0.1) is 11.0 Å². The summed E-state index contributed by atoms with van der Waals surface area (Å²) in [5, 5.41) is 2.54. The Hall–Kier alpha value is -6.44. The third-order valence-electron chi connectivity index (χ3n) is 12.0. The van der Waals surface area contributed by atoms with Crippen molar-refractivity contribution in [2.75, 3.05) is 0 Å². The van der Waals surface area contributed by atoms with Crippen LogP contribution in [0.25, 0.3) is 72.0 Å². The SMILES string of the molecule is C=C(c1ccc(-c2ccc(-c3ccc4c(c3)c3ccccc3n4-c3ccccc3)cc2)cc1)C1C=CC2=C(C1)C(C)(C)c1cc(-c3ccccc3)ccc12. The van der Waals surface area contributed by atoms with E-state index in [0.29, 0.717) is 0 Å². The third-order valence-corrected chi connectivity index (χ3v) is 12.0. The lowest BCUT2D eigenvalue weighted by molar-refractivity contribution is 0.587. The molecule has 1 nitrogen and oxygen atoms in total. The Labute approximate surface area is 317 Å². The first-order valence-electron chi connectivity index (χ1n) is 19.0. The molecule has 0 amide bonds. The van der Waals surface area contributed by atoms with Gasteiger partial charge in [0.15, 0.2) is 0 Å². The second-order valence-electron chi connectivity index (χ2n) is 15.4. The van der Waals surface area contributed by atoms with Crippen molar-refractivity contribution in [2.45, 2.75) is 25.7 Å². The summed E-state index contributed by atoms with van der Waals surface area (Å²) in [6, 6.07) is 61.9. The van der Waals surface area contributed by atoms with Crippen LogP contribution in [0.15, 0.2) is 194 Å². The van der Waals surface area contributed by atoms with Crippen molar-refractivity contribution in [3.8, 4) is 39.1 Å². The molecule has 1 atom stereocenters. The van der Waals surface area contributed by atoms with Crippen LogP contribution in [0.5, 0.6) is 0 Å². The summed E-state index contributed by atoms with van der Waals surface area (Å²) in [4.78, 5) is 0. The zero-order valence-corrected chi connectivity index (χ0v) is 30.8. The average molecular weight is 692 g/mol. The topological polar surface area (TPSA) is 4.93 Å². The van der Waals surface area contributed by atoms with E-state index in [2.05, 4.69) is 207 Å². The molecule has 0 saturated carbocycles. The molecule has 10 rings (SSSR count). The van der Waals surface area contributed by atoms with Crippen molar-refractivity contribution in [1.29, 1.82) is 0 Å². The van der Waals surface area contributed by atoms with Gasteiger partial charge in [-0.1, -0.05) is 172 Å². The van der Waals surface area contributed by atoms with Crippen LogP contribution in [0.1, 0.15) is 37.0 Å². The highest BCUT2D eigenvalue weighted by Gasteiger charge is 2.39. The van der Waals surface area contributed by atoms with Crippen LogP contribution in [0, 0.1) is 5.92 Å². The summed E-state index contributed by atoms with van der Waals surface area (Å²) in [6.07, 6.45) is 5.73. The molecular weight excluding hydrogens is 651 g/mol. The summed E-state index contributed by atoms with van der Waals surface area (Å²) in [5.74, 6) is 0.273. The first kappa shape index (κ1) is 32.2. The van der Waals surface area contributed by atoms with Crippen LogP contribution in [-0.4, -0.2) is 4.57 Å². The number of aromatic nitrogens is 1. The number of rotatable bonds is 6. The molecule has 0 radical (unpaired) electrons. The van der Waals surface area contributed by atoms with Gasteiger partial charge in [0.1, 0.15) is 0 Å². The number of allylic oxidation sites excluding steroid dienone is 5. The fourth-order valence-electron chi connectivity index (χ4n) is 9.02. The smallest absolute Gasteiger partial charge is 0.0541 e. The van der Waals surface area contributed by atoms with Gasteiger partial charge >= 0.3 is 0 Å². The lowest BCUT2D eigenvalue weighted by Crippen LogP contribution is -2.20. The molecule has 7 aromatic carbocycles. The van der Waals surface area contributed by atoms with Crippen LogP contribution in [0.4, 0.5) is 0 Å². The first-order valence-corrected chi connectivity index (χ1v) is 19.0. The minimum atomic E-state index is -0.0262. The lowest BCUT2D eigenvalue weighted by Gasteiger charge is -2.30. The van der Waals surface area contributed by atoms with Gasteiger partial charge in [-0.25, -0.2) is 0 Å². The molecule has 258 valence electrons. The van der Waals surface area contributed by atoms with Crippen molar-refractivity contribution in [3.05, 3.63) is 211 Å². The summed E-state index contributed by atoms with van der Waals surface area (Å²) in [5.41, 5.74) is 19.1. The number of nitrogens with zero attached hydrogens (tertiary/aromatic N) is 1. The van der Waals surface area contributed by atoms with Crippen LogP contribution < -0.4 is 0 Å². The molecule has 0 saturated heterocycles. The second-order valence-corrected chi connectivity index (χ2v) is 15.4. The third kappa shape index (κ3) is 5.23. The fraction of sp³-hybridized carbons (Fsp3) is 0.0943. The fourth-order valence-corrected chi connectivity index (χ4v) is 9.02. The maximum absolute atomic E-state index is 4.64. The summed E-state index contributed by atoms with van der Waals surface area (Å²) in [7, 11) is 0. The molecule has 0 N–H and O–H groups in total. The van der Waals surface area contributed by atoms with Crippen molar-refractivity contribution in [3.63, 3.8) is 0 Å². The van der Waals surface area contributed by atoms with Crippen molar-refractivity contribution in [1.82, 2.24) is 4.57 Å². The normalized spacial score (nSPS) is 15.8. The number of hydrogen-bond acceptors (Lipinski definition) is 0. The maximum Gasteiger partial charge on any atom is 0.0541 e. The molecule has 8 aromatic rings. The highest BCUT2D eigenvalue weighted by atomic mass is 15.0. The van der Waals surface area contributed by atoms with Crippen LogP contribution in [-0.2, 0) is 5.41 Å². The molecule has 0 aliphatic heterocycles. The van der Waals surface area contributed by atoms with Gasteiger partial charge in [-0.15, -0.1) is 0 Å². The molecular formula is C53H41N. The second kappa shape index (κ2) is 12.6. The predicted octanol–water partition coefficient (Wildman–Crippen LogP) is 14.1. The highest BCUT2D eigenvalue weighted by molar-refractivity contribution is 6.10. The monoisotopic (exact) mass is 691 g/mol. The van der Waals surface area contributed by atoms with E-state index in [-0.39, 0.29) is 11.3 Å². The van der Waals surface area contributed by atoms with E-state index in [1.165, 1.54) is 94.3 Å². The molecule has 0 fully saturated rings. The van der Waals surface area contributed by atoms with Gasteiger partial charge in [0, 0.05) is 27.8 Å². The zero-order chi connectivity index (χ0) is 36.4. The van der Waals surface area contributed by atoms with Crippen molar-refractivity contribution in [2.24, 2.45) is 5.92 Å². The van der Waals surface area contributed by atoms with Gasteiger partial charge in [0.25, 0.3) is 0 Å². The maximum atomic E-state index is 4.64. The van der Waals surface area contributed by atoms with Gasteiger partial charge in [-0.05, 0) is 104 Å². The van der Waals surface area contributed by atoms with E-state index >= 15 is 0 Å². The standard InChI is InChI=1S/C53H41N/c1-35(41-26-29-45-46-30-27-43(37-12-6-4-7-13-37)34-50(46)53(2,3)49(45)33-41)36-18-20-38(21-19-36)39-22-24-40(25-23-39)42-28-31-52-48(32-42)47-16-10-11-17-51(47)54(52)44-14-8-5-9-15-44/h4-32,34,41H,1,33H2,2-3H3. The minimum Gasteiger partial charge on any atom is -0.309 e.